The number of fused-ring (bicyclic) bond motifs is 2. The van der Waals surface area contributed by atoms with Crippen molar-refractivity contribution in [1.29, 1.82) is 0 Å². The molecule has 4 aromatic heterocycles. The number of carbonyl (C=O) groups is 6. The van der Waals surface area contributed by atoms with Crippen molar-refractivity contribution in [3.8, 4) is 33.0 Å². The minimum atomic E-state index is -5.07. The number of piperidine rings is 1. The van der Waals surface area contributed by atoms with Crippen LogP contribution in [0.1, 0.15) is 66.9 Å². The number of likely N-dealkylation sites (tertiary alicyclic amines) is 1. The van der Waals surface area contributed by atoms with Gasteiger partial charge in [-0.3, -0.25) is 38.2 Å². The summed E-state index contributed by atoms with van der Waals surface area (Å²) in [5.41, 5.74) is 4.46. The highest BCUT2D eigenvalue weighted by Crippen LogP contribution is 2.44. The predicted octanol–water partition coefficient (Wildman–Crippen LogP) is 5.54. The fraction of sp³-hybridized carbons (Fsp3) is 0.500. The lowest BCUT2D eigenvalue weighted by Gasteiger charge is -2.31. The molecule has 0 radical (unpaired) electrons. The Morgan fingerprint density at radius 2 is 1.27 bits per heavy atom. The van der Waals surface area contributed by atoms with E-state index in [2.05, 4.69) is 45.6 Å². The molecule has 0 spiro atoms. The van der Waals surface area contributed by atoms with E-state index in [0.717, 1.165) is 27.5 Å². The average molecular weight is 1490 g/mol. The lowest BCUT2D eigenvalue weighted by molar-refractivity contribution is -0.141. The molecule has 0 atom stereocenters. The monoisotopic (exact) mass is 1490 g/mol. The number of esters is 1. The van der Waals surface area contributed by atoms with E-state index in [1.54, 1.807) is 30.0 Å². The molecule has 8 rings (SSSR count). The maximum Gasteiger partial charge on any atom is 0.435 e. The summed E-state index contributed by atoms with van der Waals surface area (Å²) in [4.78, 5) is 90.7. The molecular weight excluding hydrogens is 1410 g/mol. The number of alkyl halides is 3. The molecule has 0 saturated carbocycles. The summed E-state index contributed by atoms with van der Waals surface area (Å²) < 4.78 is 153. The Morgan fingerprint density at radius 1 is 0.670 bits per heavy atom. The van der Waals surface area contributed by atoms with E-state index in [-0.39, 0.29) is 115 Å². The Labute approximate surface area is 593 Å². The number of nitrogens with two attached hydrogens (primary N) is 1. The van der Waals surface area contributed by atoms with Gasteiger partial charge in [-0.15, -0.1) is 11.3 Å². The molecular formula is C66H82F5N13O17S2. The van der Waals surface area contributed by atoms with Crippen LogP contribution in [0, 0.1) is 11.6 Å². The number of benzene rings is 3. The number of nitrogens with one attached hydrogen (secondary N) is 4. The lowest BCUT2D eigenvalue weighted by atomic mass is 9.97. The van der Waals surface area contributed by atoms with Crippen molar-refractivity contribution in [2.24, 2.45) is 0 Å². The average Bonchev–Trinajstić information content (AvgIpc) is 1.62. The molecule has 37 heteroatoms. The smallest absolute Gasteiger partial charge is 0.435 e. The Bertz CT molecular complexity index is 4100. The number of hydrogen-bond acceptors (Lipinski definition) is 24. The zero-order valence-corrected chi connectivity index (χ0v) is 58.4. The van der Waals surface area contributed by atoms with Crippen LogP contribution in [0.4, 0.5) is 33.6 Å². The number of nitrogens with zero attached hydrogens (tertiary/aromatic N) is 8. The van der Waals surface area contributed by atoms with Gasteiger partial charge >= 0.3 is 12.1 Å². The van der Waals surface area contributed by atoms with Crippen LogP contribution in [0.5, 0.6) is 0 Å². The molecule has 30 nitrogen and oxygen atoms in total. The minimum Gasteiger partial charge on any atom is -0.468 e. The molecule has 5 heterocycles. The summed E-state index contributed by atoms with van der Waals surface area (Å²) in [6.45, 7) is 6.13. The highest BCUT2D eigenvalue weighted by Gasteiger charge is 2.39. The summed E-state index contributed by atoms with van der Waals surface area (Å²) in [6.07, 6.45) is -1.09. The van der Waals surface area contributed by atoms with Crippen molar-refractivity contribution in [3.05, 3.63) is 89.3 Å². The highest BCUT2D eigenvalue weighted by atomic mass is 32.2. The van der Waals surface area contributed by atoms with Gasteiger partial charge in [-0.25, -0.2) is 36.8 Å². The maximum atomic E-state index is 16.0. The molecule has 1 fully saturated rings. The zero-order valence-electron chi connectivity index (χ0n) is 56.7. The molecule has 6 N–H and O–H groups in total. The van der Waals surface area contributed by atoms with E-state index in [9.17, 15) is 50.4 Å². The van der Waals surface area contributed by atoms with E-state index in [4.69, 9.17) is 48.6 Å². The number of hydrogen-bond donors (Lipinski definition) is 5. The molecule has 1 aliphatic heterocycles. The van der Waals surface area contributed by atoms with Crippen LogP contribution in [0.3, 0.4) is 0 Å². The van der Waals surface area contributed by atoms with Gasteiger partial charge < -0.3 is 69.2 Å². The maximum absolute atomic E-state index is 16.0. The second-order valence-electron chi connectivity index (χ2n) is 22.9. The Kier molecular flexibility index (Phi) is 31.3. The number of aromatic nitrogens is 7. The van der Waals surface area contributed by atoms with Gasteiger partial charge in [0.25, 0.3) is 0 Å². The zero-order chi connectivity index (χ0) is 73.7. The molecule has 1 aliphatic rings. The van der Waals surface area contributed by atoms with Gasteiger partial charge in [-0.2, -0.15) is 23.4 Å². The third-order valence-corrected chi connectivity index (χ3v) is 18.3. The first-order chi connectivity index (χ1) is 49.6. The van der Waals surface area contributed by atoms with Gasteiger partial charge in [0.1, 0.15) is 18.9 Å². The second kappa shape index (κ2) is 40.3. The number of anilines is 2. The van der Waals surface area contributed by atoms with E-state index >= 15 is 8.78 Å². The Morgan fingerprint density at radius 3 is 1.88 bits per heavy atom. The molecule has 560 valence electrons. The predicted molar refractivity (Wildman–Crippen MR) is 365 cm³/mol. The summed E-state index contributed by atoms with van der Waals surface area (Å²) in [5.74, 6) is -5.40. The summed E-state index contributed by atoms with van der Waals surface area (Å²) >= 11 is 1.36. The van der Waals surface area contributed by atoms with Crippen LogP contribution in [0.25, 0.3) is 54.8 Å². The molecule has 4 amide bonds. The first kappa shape index (κ1) is 79.9. The van der Waals surface area contributed by atoms with Crippen molar-refractivity contribution in [1.82, 2.24) is 55.4 Å². The Hall–Kier alpha value is -8.79. The topological polar surface area (TPSA) is 371 Å². The lowest BCUT2D eigenvalue weighted by Crippen LogP contribution is -2.40. The van der Waals surface area contributed by atoms with Crippen molar-refractivity contribution in [3.63, 3.8) is 0 Å². The first-order valence-corrected chi connectivity index (χ1v) is 35.5. The number of methoxy groups -OCH3 is 1. The minimum absolute atomic E-state index is 0.0184. The van der Waals surface area contributed by atoms with E-state index in [1.165, 1.54) is 54.1 Å². The number of halogens is 5. The van der Waals surface area contributed by atoms with Crippen LogP contribution in [0.15, 0.2) is 67.0 Å². The molecule has 3 aromatic carbocycles. The summed E-state index contributed by atoms with van der Waals surface area (Å²) in [5, 5.41) is 15.1. The molecule has 103 heavy (non-hydrogen) atoms. The van der Waals surface area contributed by atoms with Gasteiger partial charge in [0.2, 0.25) is 45.5 Å². The molecule has 7 aromatic rings. The number of thiazole rings is 1. The largest absolute Gasteiger partial charge is 0.468 e. The number of carbonyl (C=O) groups excluding carboxylic acids is 6. The third-order valence-electron chi connectivity index (χ3n) is 15.6. The number of sulfonamides is 1. The standard InChI is InChI=1S/C66H82F5N13O17S2/c1-3-36-103(91,92)81-49-8-4-7-46(60(49)68)61-62(50-12-16-74-65(72)78-50)102-64(79-61)43-13-18-82(19-14-43)56(88)15-20-94-22-24-96-26-28-98-30-32-100-34-35-101-33-31-99-29-27-97-25-23-95-21-17-73-53(85)10-11-57(89)84-52-38-47(48(67)37-44(52)39-77-84)45-6-5-9-51-59(45)63(66(69,70)71)80-83(51)42-55(87)75-40-54(86)76-41-58(90)93-2/h4-9,12,16,37-39,43,81H,3,10-11,13-15,17-36,40-42H2,1-2H3,(H,73,85)(H,75,87)(H,76,86)(H2,72,74,78). The fourth-order valence-electron chi connectivity index (χ4n) is 10.6. The van der Waals surface area contributed by atoms with Gasteiger partial charge in [0.15, 0.2) is 11.5 Å². The molecule has 0 aliphatic carbocycles. The van der Waals surface area contributed by atoms with Gasteiger partial charge in [0.05, 0.1) is 176 Å². The van der Waals surface area contributed by atoms with Gasteiger partial charge in [0, 0.05) is 66.5 Å². The molecule has 1 saturated heterocycles. The third kappa shape index (κ3) is 24.4. The Balaban J connectivity index is 0.594. The van der Waals surface area contributed by atoms with Crippen LogP contribution >= 0.6 is 11.3 Å². The van der Waals surface area contributed by atoms with E-state index in [1.807, 2.05) is 0 Å². The van der Waals surface area contributed by atoms with Crippen molar-refractivity contribution in [2.45, 2.75) is 64.1 Å². The molecule has 0 unspecified atom stereocenters. The fourth-order valence-corrected chi connectivity index (χ4v) is 12.9. The summed E-state index contributed by atoms with van der Waals surface area (Å²) in [6, 6.07) is 12.1. The number of rotatable bonds is 44. The van der Waals surface area contributed by atoms with Crippen LogP contribution in [0.2, 0.25) is 0 Å². The van der Waals surface area contributed by atoms with Crippen LogP contribution in [-0.4, -0.2) is 235 Å². The highest BCUT2D eigenvalue weighted by molar-refractivity contribution is 7.92. The van der Waals surface area contributed by atoms with Crippen LogP contribution in [-0.2, 0) is 89.3 Å². The second-order valence-corrected chi connectivity index (χ2v) is 25.8. The SMILES string of the molecule is CCCS(=O)(=O)Nc1cccc(-c2nc(C3CCN(C(=O)CCOCCOCCOCCOCCOCCOCCOCCOCCNC(=O)CCC(=O)n4ncc5cc(F)c(-c6cccc7c6c(C(F)(F)F)nn7CC(=O)NCC(=O)NCC(=O)OC)cc54)CC3)sc2-c2ccnc(N)n2)c1F. The quantitative estimate of drug-likeness (QED) is 0.0178. The first-order valence-electron chi connectivity index (χ1n) is 33.1. The van der Waals surface area contributed by atoms with Gasteiger partial charge in [-0.05, 0) is 61.2 Å². The van der Waals surface area contributed by atoms with Crippen molar-refractivity contribution in [2.75, 3.05) is 162 Å². The molecule has 0 bridgehead atoms. The summed E-state index contributed by atoms with van der Waals surface area (Å²) in [7, 11) is -2.65. The van der Waals surface area contributed by atoms with E-state index in [0.29, 0.717) is 128 Å². The number of nitrogen functional groups attached to an aromatic ring is 1. The van der Waals surface area contributed by atoms with Crippen molar-refractivity contribution < 1.29 is 102 Å². The van der Waals surface area contributed by atoms with E-state index < -0.39 is 88.1 Å². The van der Waals surface area contributed by atoms with Gasteiger partial charge in [-0.1, -0.05) is 25.1 Å². The number of ether oxygens (including phenoxy) is 9. The van der Waals surface area contributed by atoms with Crippen molar-refractivity contribution >= 4 is 90.3 Å². The van der Waals surface area contributed by atoms with Crippen LogP contribution < -0.4 is 26.4 Å². The number of amides is 4. The normalized spacial score (nSPS) is 12.9.